The summed E-state index contributed by atoms with van der Waals surface area (Å²) in [5.74, 6) is 2.12. The van der Waals surface area contributed by atoms with Gasteiger partial charge in [0, 0.05) is 7.05 Å². The lowest BCUT2D eigenvalue weighted by Crippen LogP contribution is -2.18. The predicted molar refractivity (Wildman–Crippen MR) is 70.9 cm³/mol. The van der Waals surface area contributed by atoms with E-state index in [0.717, 1.165) is 11.5 Å². The van der Waals surface area contributed by atoms with Gasteiger partial charge in [-0.25, -0.2) is 4.98 Å². The Morgan fingerprint density at radius 3 is 2.79 bits per heavy atom. The summed E-state index contributed by atoms with van der Waals surface area (Å²) in [7, 11) is 1.77. The van der Waals surface area contributed by atoms with Crippen LogP contribution in [0, 0.1) is 17.0 Å². The fourth-order valence-electron chi connectivity index (χ4n) is 1.71. The van der Waals surface area contributed by atoms with E-state index in [1.165, 1.54) is 12.1 Å². The second-order valence-electron chi connectivity index (χ2n) is 4.23. The molecule has 19 heavy (non-hydrogen) atoms. The standard InChI is InChI=1S/C12H14N4O3/c1-8-3-4-10(19-8)7-15(2)12-6-9(16(17)18)5-11(13)14-12/h3-6H,7H2,1-2H3,(H2,13,14). The summed E-state index contributed by atoms with van der Waals surface area (Å²) in [5.41, 5.74) is 5.49. The number of aromatic nitrogens is 1. The first-order valence-corrected chi connectivity index (χ1v) is 5.64. The number of aryl methyl sites for hydroxylation is 1. The van der Waals surface area contributed by atoms with Crippen LogP contribution in [0.1, 0.15) is 11.5 Å². The minimum atomic E-state index is -0.494. The maximum atomic E-state index is 10.8. The van der Waals surface area contributed by atoms with E-state index in [1.54, 1.807) is 11.9 Å². The summed E-state index contributed by atoms with van der Waals surface area (Å²) < 4.78 is 5.45. The maximum Gasteiger partial charge on any atom is 0.276 e. The number of anilines is 2. The molecule has 0 atom stereocenters. The highest BCUT2D eigenvalue weighted by Gasteiger charge is 2.13. The lowest BCUT2D eigenvalue weighted by Gasteiger charge is -2.16. The van der Waals surface area contributed by atoms with E-state index in [-0.39, 0.29) is 11.5 Å². The molecule has 2 N–H and O–H groups in total. The smallest absolute Gasteiger partial charge is 0.276 e. The fourth-order valence-corrected chi connectivity index (χ4v) is 1.71. The third-order valence-corrected chi connectivity index (χ3v) is 2.61. The van der Waals surface area contributed by atoms with Crippen molar-refractivity contribution in [1.29, 1.82) is 0 Å². The summed E-state index contributed by atoms with van der Waals surface area (Å²) in [5, 5.41) is 10.8. The molecule has 0 saturated carbocycles. The van der Waals surface area contributed by atoms with Crippen LogP contribution in [0.25, 0.3) is 0 Å². The fraction of sp³-hybridized carbons (Fsp3) is 0.250. The lowest BCUT2D eigenvalue weighted by molar-refractivity contribution is -0.384. The largest absolute Gasteiger partial charge is 0.464 e. The molecular weight excluding hydrogens is 248 g/mol. The molecule has 7 heteroatoms. The Labute approximate surface area is 109 Å². The van der Waals surface area contributed by atoms with E-state index in [0.29, 0.717) is 12.4 Å². The van der Waals surface area contributed by atoms with Gasteiger partial charge in [-0.05, 0) is 19.1 Å². The number of nitrogens with two attached hydrogens (primary N) is 1. The van der Waals surface area contributed by atoms with Gasteiger partial charge in [-0.1, -0.05) is 0 Å². The molecule has 0 fully saturated rings. The van der Waals surface area contributed by atoms with Gasteiger partial charge >= 0.3 is 0 Å². The highest BCUT2D eigenvalue weighted by Crippen LogP contribution is 2.22. The topological polar surface area (TPSA) is 98.4 Å². The van der Waals surface area contributed by atoms with Crippen LogP contribution in [0.15, 0.2) is 28.7 Å². The van der Waals surface area contributed by atoms with Crippen LogP contribution in [0.4, 0.5) is 17.3 Å². The van der Waals surface area contributed by atoms with Gasteiger partial charge < -0.3 is 15.1 Å². The Kier molecular flexibility index (Phi) is 3.37. The minimum absolute atomic E-state index is 0.0787. The van der Waals surface area contributed by atoms with Gasteiger partial charge in [0.2, 0.25) is 0 Å². The highest BCUT2D eigenvalue weighted by atomic mass is 16.6. The first-order valence-electron chi connectivity index (χ1n) is 5.64. The molecule has 7 nitrogen and oxygen atoms in total. The Morgan fingerprint density at radius 2 is 2.21 bits per heavy atom. The van der Waals surface area contributed by atoms with Crippen molar-refractivity contribution in [1.82, 2.24) is 4.98 Å². The second kappa shape index (κ2) is 4.97. The average molecular weight is 262 g/mol. The predicted octanol–water partition coefficient (Wildman–Crippen LogP) is 2.11. The third kappa shape index (κ3) is 3.01. The normalized spacial score (nSPS) is 10.4. The molecule has 2 heterocycles. The molecule has 0 aromatic carbocycles. The number of nitrogen functional groups attached to an aromatic ring is 1. The van der Waals surface area contributed by atoms with E-state index in [9.17, 15) is 10.1 Å². The zero-order valence-electron chi connectivity index (χ0n) is 10.7. The summed E-state index contributed by atoms with van der Waals surface area (Å²) >= 11 is 0. The molecule has 0 saturated heterocycles. The number of pyridine rings is 1. The van der Waals surface area contributed by atoms with E-state index >= 15 is 0 Å². The van der Waals surface area contributed by atoms with Crippen LogP contribution in [0.5, 0.6) is 0 Å². The quantitative estimate of drug-likeness (QED) is 0.669. The summed E-state index contributed by atoms with van der Waals surface area (Å²) in [6, 6.07) is 6.32. The minimum Gasteiger partial charge on any atom is -0.464 e. The van der Waals surface area contributed by atoms with Crippen LogP contribution in [-0.2, 0) is 6.54 Å². The van der Waals surface area contributed by atoms with Crippen molar-refractivity contribution < 1.29 is 9.34 Å². The molecule has 0 aliphatic rings. The van der Waals surface area contributed by atoms with Gasteiger partial charge in [0.25, 0.3) is 5.69 Å². The van der Waals surface area contributed by atoms with Crippen LogP contribution in [0.2, 0.25) is 0 Å². The van der Waals surface area contributed by atoms with Crippen molar-refractivity contribution in [2.45, 2.75) is 13.5 Å². The second-order valence-corrected chi connectivity index (χ2v) is 4.23. The molecule has 2 aromatic heterocycles. The van der Waals surface area contributed by atoms with Crippen molar-refractivity contribution in [3.05, 3.63) is 45.9 Å². The molecule has 0 bridgehead atoms. The van der Waals surface area contributed by atoms with Crippen molar-refractivity contribution in [3.8, 4) is 0 Å². The SMILES string of the molecule is Cc1ccc(CN(C)c2cc([N+](=O)[O-])cc(N)n2)o1. The van der Waals surface area contributed by atoms with Crippen LogP contribution in [-0.4, -0.2) is 17.0 Å². The first-order chi connectivity index (χ1) is 8.95. The summed E-state index contributed by atoms with van der Waals surface area (Å²) in [6.45, 7) is 2.31. The molecule has 0 spiro atoms. The zero-order valence-corrected chi connectivity index (χ0v) is 10.7. The average Bonchev–Trinajstić information content (AvgIpc) is 2.73. The molecule has 0 unspecified atom stereocenters. The van der Waals surface area contributed by atoms with Gasteiger partial charge in [-0.3, -0.25) is 10.1 Å². The number of nitro groups is 1. The lowest BCUT2D eigenvalue weighted by atomic mass is 10.3. The number of hydrogen-bond donors (Lipinski definition) is 1. The van der Waals surface area contributed by atoms with Crippen molar-refractivity contribution in [3.63, 3.8) is 0 Å². The number of nitrogens with zero attached hydrogens (tertiary/aromatic N) is 3. The molecule has 0 radical (unpaired) electrons. The van der Waals surface area contributed by atoms with Crippen molar-refractivity contribution in [2.75, 3.05) is 17.7 Å². The van der Waals surface area contributed by atoms with Crippen molar-refractivity contribution in [2.24, 2.45) is 0 Å². The molecule has 0 aliphatic carbocycles. The Hall–Kier alpha value is -2.57. The van der Waals surface area contributed by atoms with Crippen LogP contribution >= 0.6 is 0 Å². The first kappa shape index (κ1) is 12.9. The number of hydrogen-bond acceptors (Lipinski definition) is 6. The zero-order chi connectivity index (χ0) is 14.0. The van der Waals surface area contributed by atoms with Gasteiger partial charge in [0.05, 0.1) is 23.6 Å². The summed E-state index contributed by atoms with van der Waals surface area (Å²) in [4.78, 5) is 16.1. The number of rotatable bonds is 4. The van der Waals surface area contributed by atoms with Gasteiger partial charge in [-0.15, -0.1) is 0 Å². The molecule has 0 aliphatic heterocycles. The molecule has 100 valence electrons. The monoisotopic (exact) mass is 262 g/mol. The Morgan fingerprint density at radius 1 is 1.47 bits per heavy atom. The van der Waals surface area contributed by atoms with Crippen LogP contribution in [0.3, 0.4) is 0 Å². The van der Waals surface area contributed by atoms with E-state index in [1.807, 2.05) is 19.1 Å². The van der Waals surface area contributed by atoms with E-state index in [4.69, 9.17) is 10.2 Å². The summed E-state index contributed by atoms with van der Waals surface area (Å²) in [6.07, 6.45) is 0. The Balaban J connectivity index is 2.23. The molecule has 2 rings (SSSR count). The molecular formula is C12H14N4O3. The van der Waals surface area contributed by atoms with Gasteiger partial charge in [-0.2, -0.15) is 0 Å². The van der Waals surface area contributed by atoms with Gasteiger partial charge in [0.15, 0.2) is 0 Å². The van der Waals surface area contributed by atoms with Crippen LogP contribution < -0.4 is 10.6 Å². The highest BCUT2D eigenvalue weighted by molar-refractivity contribution is 5.53. The van der Waals surface area contributed by atoms with E-state index < -0.39 is 4.92 Å². The maximum absolute atomic E-state index is 10.8. The Bertz CT molecular complexity index is 609. The van der Waals surface area contributed by atoms with Gasteiger partial charge in [0.1, 0.15) is 23.2 Å². The molecule has 0 amide bonds. The van der Waals surface area contributed by atoms with E-state index in [2.05, 4.69) is 4.98 Å². The van der Waals surface area contributed by atoms with Crippen molar-refractivity contribution >= 4 is 17.3 Å². The number of furan rings is 1. The third-order valence-electron chi connectivity index (χ3n) is 2.61. The molecule has 2 aromatic rings.